The number of methoxy groups -OCH3 is 1. The third kappa shape index (κ3) is 2.60. The molecule has 5 heteroatoms. The molecule has 0 bridgehead atoms. The molecular formula is C13H11Br2ClO2. The van der Waals surface area contributed by atoms with Gasteiger partial charge in [-0.1, -0.05) is 15.9 Å². The summed E-state index contributed by atoms with van der Waals surface area (Å²) in [4.78, 5) is 0. The van der Waals surface area contributed by atoms with E-state index >= 15 is 0 Å². The fraction of sp³-hybridized carbons (Fsp3) is 0.231. The predicted octanol–water partition coefficient (Wildman–Crippen LogP) is 5.45. The van der Waals surface area contributed by atoms with Crippen LogP contribution in [0.4, 0.5) is 0 Å². The summed E-state index contributed by atoms with van der Waals surface area (Å²) in [6.45, 7) is 2.01. The van der Waals surface area contributed by atoms with Crippen molar-refractivity contribution in [1.82, 2.24) is 0 Å². The van der Waals surface area contributed by atoms with E-state index in [4.69, 9.17) is 20.8 Å². The second-order valence-electron chi connectivity index (χ2n) is 3.86. The first-order chi connectivity index (χ1) is 8.54. The Bertz CT molecular complexity index is 566. The van der Waals surface area contributed by atoms with Gasteiger partial charge in [0.05, 0.1) is 18.8 Å². The summed E-state index contributed by atoms with van der Waals surface area (Å²) in [7, 11) is 1.64. The van der Waals surface area contributed by atoms with E-state index in [2.05, 4.69) is 31.9 Å². The van der Waals surface area contributed by atoms with Crippen LogP contribution in [0.25, 0.3) is 0 Å². The maximum absolute atomic E-state index is 6.50. The van der Waals surface area contributed by atoms with E-state index in [1.807, 2.05) is 25.1 Å². The van der Waals surface area contributed by atoms with Crippen LogP contribution in [-0.4, -0.2) is 7.11 Å². The van der Waals surface area contributed by atoms with Crippen molar-refractivity contribution in [1.29, 1.82) is 0 Å². The predicted molar refractivity (Wildman–Crippen MR) is 79.5 cm³/mol. The first-order valence-corrected chi connectivity index (χ1v) is 7.27. The third-order valence-electron chi connectivity index (χ3n) is 2.70. The summed E-state index contributed by atoms with van der Waals surface area (Å²) >= 11 is 13.3. The Hall–Kier alpha value is -0.450. The molecule has 0 saturated heterocycles. The molecule has 0 spiro atoms. The zero-order valence-corrected chi connectivity index (χ0v) is 13.8. The smallest absolute Gasteiger partial charge is 0.173 e. The maximum atomic E-state index is 6.50. The van der Waals surface area contributed by atoms with Crippen LogP contribution >= 0.6 is 43.5 Å². The van der Waals surface area contributed by atoms with Crippen molar-refractivity contribution in [2.45, 2.75) is 12.3 Å². The summed E-state index contributed by atoms with van der Waals surface area (Å²) < 4.78 is 12.2. The molecule has 2 rings (SSSR count). The highest BCUT2D eigenvalue weighted by Crippen LogP contribution is 2.40. The molecule has 96 valence electrons. The second kappa shape index (κ2) is 5.68. The average Bonchev–Trinajstić information content (AvgIpc) is 2.77. The van der Waals surface area contributed by atoms with Crippen LogP contribution in [0.3, 0.4) is 0 Å². The summed E-state index contributed by atoms with van der Waals surface area (Å²) in [5.74, 6) is 0.767. The molecule has 1 heterocycles. The number of hydrogen-bond donors (Lipinski definition) is 0. The van der Waals surface area contributed by atoms with Gasteiger partial charge >= 0.3 is 0 Å². The normalized spacial score (nSPS) is 12.5. The molecule has 0 N–H and O–H groups in total. The molecule has 1 aromatic heterocycles. The van der Waals surface area contributed by atoms with Crippen molar-refractivity contribution in [2.75, 3.05) is 7.11 Å². The van der Waals surface area contributed by atoms with Gasteiger partial charge < -0.3 is 9.15 Å². The maximum Gasteiger partial charge on any atom is 0.173 e. The summed E-state index contributed by atoms with van der Waals surface area (Å²) in [5, 5.41) is -0.329. The van der Waals surface area contributed by atoms with E-state index in [0.717, 1.165) is 26.9 Å². The molecule has 1 atom stereocenters. The molecule has 18 heavy (non-hydrogen) atoms. The minimum atomic E-state index is -0.329. The van der Waals surface area contributed by atoms with E-state index in [1.54, 1.807) is 13.4 Å². The van der Waals surface area contributed by atoms with Gasteiger partial charge in [-0.25, -0.2) is 0 Å². The van der Waals surface area contributed by atoms with Crippen molar-refractivity contribution in [3.05, 3.63) is 50.3 Å². The van der Waals surface area contributed by atoms with E-state index in [1.165, 1.54) is 0 Å². The van der Waals surface area contributed by atoms with E-state index < -0.39 is 0 Å². The lowest BCUT2D eigenvalue weighted by atomic mass is 10.0. The number of alkyl halides is 1. The Morgan fingerprint density at radius 1 is 1.28 bits per heavy atom. The fourth-order valence-electron chi connectivity index (χ4n) is 1.70. The minimum Gasteiger partial charge on any atom is -0.496 e. The fourth-order valence-corrected chi connectivity index (χ4v) is 3.00. The summed E-state index contributed by atoms with van der Waals surface area (Å²) in [6, 6.07) is 5.78. The van der Waals surface area contributed by atoms with Gasteiger partial charge in [0.15, 0.2) is 4.67 Å². The minimum absolute atomic E-state index is 0.329. The van der Waals surface area contributed by atoms with Gasteiger partial charge in [-0.3, -0.25) is 0 Å². The van der Waals surface area contributed by atoms with Crippen molar-refractivity contribution in [2.24, 2.45) is 0 Å². The van der Waals surface area contributed by atoms with Crippen LogP contribution in [0.1, 0.15) is 22.1 Å². The quantitative estimate of drug-likeness (QED) is 0.646. The van der Waals surface area contributed by atoms with E-state index in [0.29, 0.717) is 4.67 Å². The number of rotatable bonds is 3. The lowest BCUT2D eigenvalue weighted by Crippen LogP contribution is -1.98. The molecule has 0 aliphatic rings. The van der Waals surface area contributed by atoms with Crippen molar-refractivity contribution in [3.8, 4) is 5.75 Å². The Kier molecular flexibility index (Phi) is 4.41. The van der Waals surface area contributed by atoms with Gasteiger partial charge in [-0.05, 0) is 46.6 Å². The SMILES string of the molecule is COc1cc(C)c(Br)cc1C(Cl)c1ccoc1Br. The molecule has 2 nitrogen and oxygen atoms in total. The van der Waals surface area contributed by atoms with Gasteiger partial charge in [-0.2, -0.15) is 0 Å². The Labute approximate surface area is 128 Å². The monoisotopic (exact) mass is 392 g/mol. The Morgan fingerprint density at radius 2 is 2.00 bits per heavy atom. The van der Waals surface area contributed by atoms with Crippen LogP contribution in [0.15, 0.2) is 38.0 Å². The molecule has 1 aromatic carbocycles. The largest absolute Gasteiger partial charge is 0.496 e. The van der Waals surface area contributed by atoms with Crippen LogP contribution in [0, 0.1) is 6.92 Å². The van der Waals surface area contributed by atoms with Crippen LogP contribution < -0.4 is 4.74 Å². The standard InChI is InChI=1S/C13H11Br2ClO2/c1-7-5-11(17-2)9(6-10(7)14)12(16)8-3-4-18-13(8)15/h3-6,12H,1-2H3. The lowest BCUT2D eigenvalue weighted by Gasteiger charge is -2.15. The Morgan fingerprint density at radius 3 is 2.56 bits per heavy atom. The van der Waals surface area contributed by atoms with Crippen molar-refractivity contribution in [3.63, 3.8) is 0 Å². The number of ether oxygens (including phenoxy) is 1. The van der Waals surface area contributed by atoms with Crippen LogP contribution in [0.2, 0.25) is 0 Å². The summed E-state index contributed by atoms with van der Waals surface area (Å²) in [5.41, 5.74) is 2.88. The van der Waals surface area contributed by atoms with Crippen molar-refractivity contribution < 1.29 is 9.15 Å². The zero-order chi connectivity index (χ0) is 13.3. The third-order valence-corrected chi connectivity index (χ3v) is 4.67. The number of furan rings is 1. The number of benzene rings is 1. The average molecular weight is 394 g/mol. The first kappa shape index (κ1) is 14.0. The molecule has 0 fully saturated rings. The lowest BCUT2D eigenvalue weighted by molar-refractivity contribution is 0.409. The van der Waals surface area contributed by atoms with E-state index in [-0.39, 0.29) is 5.38 Å². The molecule has 1 unspecified atom stereocenters. The molecule has 2 aromatic rings. The molecule has 0 aliphatic heterocycles. The molecule has 0 aliphatic carbocycles. The Balaban J connectivity index is 2.50. The topological polar surface area (TPSA) is 22.4 Å². The molecule has 0 saturated carbocycles. The van der Waals surface area contributed by atoms with Gasteiger partial charge in [0.25, 0.3) is 0 Å². The highest BCUT2D eigenvalue weighted by atomic mass is 79.9. The summed E-state index contributed by atoms with van der Waals surface area (Å²) in [6.07, 6.45) is 1.60. The van der Waals surface area contributed by atoms with Crippen LogP contribution in [-0.2, 0) is 0 Å². The number of aryl methyl sites for hydroxylation is 1. The first-order valence-electron chi connectivity index (χ1n) is 5.25. The van der Waals surface area contributed by atoms with Crippen molar-refractivity contribution >= 4 is 43.5 Å². The molecule has 0 radical (unpaired) electrons. The number of hydrogen-bond acceptors (Lipinski definition) is 2. The van der Waals surface area contributed by atoms with E-state index in [9.17, 15) is 0 Å². The second-order valence-corrected chi connectivity index (χ2v) is 5.87. The van der Waals surface area contributed by atoms with Crippen LogP contribution in [0.5, 0.6) is 5.75 Å². The van der Waals surface area contributed by atoms with Gasteiger partial charge in [0.1, 0.15) is 5.75 Å². The zero-order valence-electron chi connectivity index (χ0n) is 9.84. The highest BCUT2D eigenvalue weighted by molar-refractivity contribution is 9.10. The molecule has 0 amide bonds. The highest BCUT2D eigenvalue weighted by Gasteiger charge is 2.20. The van der Waals surface area contributed by atoms with Gasteiger partial charge in [0.2, 0.25) is 0 Å². The molecular weight excluding hydrogens is 383 g/mol. The number of halogens is 3. The van der Waals surface area contributed by atoms with Gasteiger partial charge in [0, 0.05) is 15.6 Å². The van der Waals surface area contributed by atoms with Gasteiger partial charge in [-0.15, -0.1) is 11.6 Å².